The van der Waals surface area contributed by atoms with Crippen molar-refractivity contribution in [3.8, 4) is 5.75 Å². The number of nitrogens with one attached hydrogen (secondary N) is 1. The second-order valence-electron chi connectivity index (χ2n) is 5.72. The van der Waals surface area contributed by atoms with Crippen LogP contribution < -0.4 is 10.1 Å². The van der Waals surface area contributed by atoms with Crippen LogP contribution in [-0.4, -0.2) is 12.5 Å². The molecule has 0 spiro atoms. The molecule has 0 aliphatic rings. The third kappa shape index (κ3) is 4.59. The van der Waals surface area contributed by atoms with Crippen molar-refractivity contribution >= 4 is 11.6 Å². The average molecular weight is 311 g/mol. The second kappa shape index (κ2) is 8.37. The normalized spacial score (nSPS) is 11.8. The Morgan fingerprint density at radius 3 is 2.43 bits per heavy atom. The van der Waals surface area contributed by atoms with Crippen molar-refractivity contribution in [2.45, 2.75) is 39.5 Å². The van der Waals surface area contributed by atoms with E-state index in [9.17, 15) is 4.79 Å². The van der Waals surface area contributed by atoms with Gasteiger partial charge in [-0.05, 0) is 54.7 Å². The minimum Gasteiger partial charge on any atom is -0.494 e. The van der Waals surface area contributed by atoms with Crippen molar-refractivity contribution in [1.82, 2.24) is 0 Å². The first-order valence-electron chi connectivity index (χ1n) is 8.28. The Kier molecular flexibility index (Phi) is 6.21. The molecule has 1 N–H and O–H groups in total. The molecule has 0 aliphatic carbocycles. The first-order chi connectivity index (χ1) is 11.2. The lowest BCUT2D eigenvalue weighted by Gasteiger charge is -2.15. The molecule has 0 saturated carbocycles. The van der Waals surface area contributed by atoms with Gasteiger partial charge in [-0.3, -0.25) is 4.79 Å². The summed E-state index contributed by atoms with van der Waals surface area (Å²) in [4.78, 5) is 12.5. The number of para-hydroxylation sites is 1. The van der Waals surface area contributed by atoms with E-state index < -0.39 is 0 Å². The van der Waals surface area contributed by atoms with Gasteiger partial charge >= 0.3 is 0 Å². The van der Waals surface area contributed by atoms with E-state index in [0.29, 0.717) is 18.1 Å². The van der Waals surface area contributed by atoms with Gasteiger partial charge in [-0.15, -0.1) is 0 Å². The molecule has 2 aromatic rings. The number of amides is 1. The lowest BCUT2D eigenvalue weighted by atomic mass is 9.97. The maximum atomic E-state index is 12.5. The van der Waals surface area contributed by atoms with Gasteiger partial charge in [0.25, 0.3) is 5.91 Å². The second-order valence-corrected chi connectivity index (χ2v) is 5.72. The summed E-state index contributed by atoms with van der Waals surface area (Å²) in [5, 5.41) is 3.02. The SMILES string of the molecule is CCCOc1ccc(C(=O)Nc2ccccc2[C@H](C)CC)cc1. The summed E-state index contributed by atoms with van der Waals surface area (Å²) < 4.78 is 5.54. The first-order valence-corrected chi connectivity index (χ1v) is 8.28. The molecule has 3 nitrogen and oxygen atoms in total. The summed E-state index contributed by atoms with van der Waals surface area (Å²) in [6, 6.07) is 15.3. The number of benzene rings is 2. The molecule has 0 heterocycles. The number of rotatable bonds is 7. The third-order valence-electron chi connectivity index (χ3n) is 3.94. The topological polar surface area (TPSA) is 38.3 Å². The summed E-state index contributed by atoms with van der Waals surface area (Å²) in [6.07, 6.45) is 2.00. The molecule has 2 rings (SSSR count). The van der Waals surface area contributed by atoms with Crippen LogP contribution in [0.25, 0.3) is 0 Å². The Morgan fingerprint density at radius 2 is 1.78 bits per heavy atom. The smallest absolute Gasteiger partial charge is 0.255 e. The highest BCUT2D eigenvalue weighted by atomic mass is 16.5. The van der Waals surface area contributed by atoms with E-state index in [0.717, 1.165) is 24.3 Å². The third-order valence-corrected chi connectivity index (χ3v) is 3.94. The summed E-state index contributed by atoms with van der Waals surface area (Å²) in [7, 11) is 0. The molecular formula is C20H25NO2. The van der Waals surface area contributed by atoms with Crippen molar-refractivity contribution in [3.63, 3.8) is 0 Å². The molecule has 0 saturated heterocycles. The molecule has 1 amide bonds. The molecule has 0 aromatic heterocycles. The van der Waals surface area contributed by atoms with E-state index in [-0.39, 0.29) is 5.91 Å². The van der Waals surface area contributed by atoms with E-state index in [1.165, 1.54) is 5.56 Å². The molecule has 2 aromatic carbocycles. The number of carbonyl (C=O) groups excluding carboxylic acids is 1. The van der Waals surface area contributed by atoms with Crippen LogP contribution in [-0.2, 0) is 0 Å². The van der Waals surface area contributed by atoms with E-state index in [2.05, 4.69) is 32.2 Å². The summed E-state index contributed by atoms with van der Waals surface area (Å²) >= 11 is 0. The number of hydrogen-bond acceptors (Lipinski definition) is 2. The minimum absolute atomic E-state index is 0.0946. The average Bonchev–Trinajstić information content (AvgIpc) is 2.60. The zero-order valence-electron chi connectivity index (χ0n) is 14.1. The lowest BCUT2D eigenvalue weighted by Crippen LogP contribution is -2.13. The van der Waals surface area contributed by atoms with Crippen molar-refractivity contribution in [2.75, 3.05) is 11.9 Å². The number of carbonyl (C=O) groups is 1. The monoisotopic (exact) mass is 311 g/mol. The quantitative estimate of drug-likeness (QED) is 0.759. The fraction of sp³-hybridized carbons (Fsp3) is 0.350. The maximum absolute atomic E-state index is 12.5. The summed E-state index contributed by atoms with van der Waals surface area (Å²) in [6.45, 7) is 7.08. The molecule has 0 unspecified atom stereocenters. The number of ether oxygens (including phenoxy) is 1. The Hall–Kier alpha value is -2.29. The van der Waals surface area contributed by atoms with Gasteiger partial charge in [-0.2, -0.15) is 0 Å². The van der Waals surface area contributed by atoms with Crippen LogP contribution >= 0.6 is 0 Å². The van der Waals surface area contributed by atoms with E-state index >= 15 is 0 Å². The fourth-order valence-corrected chi connectivity index (χ4v) is 2.38. The Balaban J connectivity index is 2.10. The van der Waals surface area contributed by atoms with E-state index in [4.69, 9.17) is 4.74 Å². The predicted octanol–water partition coefficient (Wildman–Crippen LogP) is 5.24. The molecule has 3 heteroatoms. The van der Waals surface area contributed by atoms with E-state index in [1.54, 1.807) is 12.1 Å². The van der Waals surface area contributed by atoms with Crippen molar-refractivity contribution in [1.29, 1.82) is 0 Å². The maximum Gasteiger partial charge on any atom is 0.255 e. The summed E-state index contributed by atoms with van der Waals surface area (Å²) in [5.74, 6) is 1.11. The van der Waals surface area contributed by atoms with E-state index in [1.807, 2.05) is 30.3 Å². The standard InChI is InChI=1S/C20H25NO2/c1-4-14-23-17-12-10-16(11-13-17)20(22)21-19-9-7-6-8-18(19)15(3)5-2/h6-13,15H,4-5,14H2,1-3H3,(H,21,22)/t15-/m1/s1. The largest absolute Gasteiger partial charge is 0.494 e. The molecule has 23 heavy (non-hydrogen) atoms. The van der Waals surface area contributed by atoms with Gasteiger partial charge in [0.1, 0.15) is 5.75 Å². The fourth-order valence-electron chi connectivity index (χ4n) is 2.38. The van der Waals surface area contributed by atoms with Crippen LogP contribution in [0.15, 0.2) is 48.5 Å². The van der Waals surface area contributed by atoms with Gasteiger partial charge < -0.3 is 10.1 Å². The van der Waals surface area contributed by atoms with Gasteiger partial charge in [0.2, 0.25) is 0 Å². The van der Waals surface area contributed by atoms with Crippen molar-refractivity contribution in [2.24, 2.45) is 0 Å². The zero-order valence-corrected chi connectivity index (χ0v) is 14.1. The number of anilines is 1. The molecule has 0 fully saturated rings. The zero-order chi connectivity index (χ0) is 16.7. The van der Waals surface area contributed by atoms with Gasteiger partial charge in [0.15, 0.2) is 0 Å². The Bertz CT molecular complexity index is 634. The highest BCUT2D eigenvalue weighted by Crippen LogP contribution is 2.27. The van der Waals surface area contributed by atoms with Crippen LogP contribution in [0.2, 0.25) is 0 Å². The Morgan fingerprint density at radius 1 is 1.09 bits per heavy atom. The highest BCUT2D eigenvalue weighted by molar-refractivity contribution is 6.04. The molecule has 0 aliphatic heterocycles. The number of hydrogen-bond donors (Lipinski definition) is 1. The minimum atomic E-state index is -0.0946. The predicted molar refractivity (Wildman–Crippen MR) is 95.3 cm³/mol. The van der Waals surface area contributed by atoms with Gasteiger partial charge in [-0.1, -0.05) is 39.0 Å². The molecule has 0 radical (unpaired) electrons. The first kappa shape index (κ1) is 17.1. The van der Waals surface area contributed by atoms with Crippen LogP contribution in [0.5, 0.6) is 5.75 Å². The highest BCUT2D eigenvalue weighted by Gasteiger charge is 2.12. The molecule has 122 valence electrons. The van der Waals surface area contributed by atoms with Crippen LogP contribution in [0.1, 0.15) is 55.5 Å². The van der Waals surface area contributed by atoms with Crippen molar-refractivity contribution in [3.05, 3.63) is 59.7 Å². The van der Waals surface area contributed by atoms with Gasteiger partial charge in [0.05, 0.1) is 6.61 Å². The van der Waals surface area contributed by atoms with Gasteiger partial charge in [-0.25, -0.2) is 0 Å². The molecular weight excluding hydrogens is 286 g/mol. The summed E-state index contributed by atoms with van der Waals surface area (Å²) in [5.41, 5.74) is 2.69. The molecule has 1 atom stereocenters. The lowest BCUT2D eigenvalue weighted by molar-refractivity contribution is 0.102. The van der Waals surface area contributed by atoms with Crippen LogP contribution in [0.4, 0.5) is 5.69 Å². The Labute approximate surface area is 138 Å². The van der Waals surface area contributed by atoms with Crippen LogP contribution in [0.3, 0.4) is 0 Å². The van der Waals surface area contributed by atoms with Crippen LogP contribution in [0, 0.1) is 0 Å². The van der Waals surface area contributed by atoms with Gasteiger partial charge in [0, 0.05) is 11.3 Å². The van der Waals surface area contributed by atoms with Crippen molar-refractivity contribution < 1.29 is 9.53 Å². The molecule has 0 bridgehead atoms.